The molecule has 0 fully saturated rings. The van der Waals surface area contributed by atoms with Gasteiger partial charge in [-0.25, -0.2) is 0 Å². The van der Waals surface area contributed by atoms with Crippen LogP contribution in [-0.2, 0) is 0 Å². The fourth-order valence-electron chi connectivity index (χ4n) is 9.09. The number of rotatable bonds is 2. The topological polar surface area (TPSA) is 4.41 Å². The number of aromatic nitrogens is 1. The molecule has 0 aliphatic heterocycles. The Bertz CT molecular complexity index is 3470. The van der Waals surface area contributed by atoms with Gasteiger partial charge in [-0.05, 0) is 97.0 Å². The van der Waals surface area contributed by atoms with Crippen LogP contribution >= 0.6 is 11.3 Å². The molecule has 240 valence electrons. The largest absolute Gasteiger partial charge is 0.308 e. The SMILES string of the molecule is c1cc(-c2ccc3c(c2)c2cccc4c5cccc6sc7cccc(c8ccccc8n3c42)c7c65)cc(-c2cc3ccccc3c3ccccc23)c1. The van der Waals surface area contributed by atoms with Crippen molar-refractivity contribution in [3.8, 4) is 22.3 Å². The van der Waals surface area contributed by atoms with Gasteiger partial charge in [0.25, 0.3) is 0 Å². The highest BCUT2D eigenvalue weighted by atomic mass is 32.1. The van der Waals surface area contributed by atoms with Gasteiger partial charge >= 0.3 is 0 Å². The highest BCUT2D eigenvalue weighted by Crippen LogP contribution is 2.45. The average Bonchev–Trinajstić information content (AvgIpc) is 3.77. The summed E-state index contributed by atoms with van der Waals surface area (Å²) in [6, 6.07) is 65.6. The molecule has 9 aromatic carbocycles. The van der Waals surface area contributed by atoms with Gasteiger partial charge in [0.05, 0.1) is 16.6 Å². The number of benzene rings is 9. The molecule has 0 aliphatic rings. The molecule has 0 saturated carbocycles. The summed E-state index contributed by atoms with van der Waals surface area (Å²) >= 11 is 1.90. The van der Waals surface area contributed by atoms with Crippen molar-refractivity contribution in [2.45, 2.75) is 0 Å². The summed E-state index contributed by atoms with van der Waals surface area (Å²) in [6.45, 7) is 0. The number of thiophene rings is 1. The molecule has 0 aliphatic carbocycles. The van der Waals surface area contributed by atoms with Crippen LogP contribution in [0.15, 0.2) is 176 Å². The Hall–Kier alpha value is -6.48. The van der Waals surface area contributed by atoms with Gasteiger partial charge in [-0.3, -0.25) is 0 Å². The van der Waals surface area contributed by atoms with Crippen molar-refractivity contribution >= 4 is 102 Å². The van der Waals surface area contributed by atoms with Crippen LogP contribution in [0.2, 0.25) is 0 Å². The number of hydrogen-bond acceptors (Lipinski definition) is 1. The summed E-state index contributed by atoms with van der Waals surface area (Å²) in [6.07, 6.45) is 0. The smallest absolute Gasteiger partial charge is 0.0619 e. The van der Waals surface area contributed by atoms with Gasteiger partial charge in [-0.15, -0.1) is 11.3 Å². The maximum absolute atomic E-state index is 2.53. The number of para-hydroxylation sites is 2. The van der Waals surface area contributed by atoms with Crippen LogP contribution in [0, 0.1) is 0 Å². The Balaban J connectivity index is 1.17. The molecule has 12 aromatic rings. The maximum Gasteiger partial charge on any atom is 0.0619 e. The fourth-order valence-corrected chi connectivity index (χ4v) is 10.2. The second-order valence-electron chi connectivity index (χ2n) is 14.0. The first-order valence-electron chi connectivity index (χ1n) is 17.9. The predicted molar refractivity (Wildman–Crippen MR) is 226 cm³/mol. The van der Waals surface area contributed by atoms with E-state index < -0.39 is 0 Å². The van der Waals surface area contributed by atoms with Crippen LogP contribution in [0.25, 0.3) is 113 Å². The molecule has 0 bridgehead atoms. The first-order chi connectivity index (χ1) is 25.8. The quantitative estimate of drug-likeness (QED) is 0.161. The van der Waals surface area contributed by atoms with E-state index in [1.165, 1.54) is 113 Å². The fraction of sp³-hybridized carbons (Fsp3) is 0. The Labute approximate surface area is 303 Å². The summed E-state index contributed by atoms with van der Waals surface area (Å²) in [5.74, 6) is 0. The van der Waals surface area contributed by atoms with Gasteiger partial charge < -0.3 is 4.40 Å². The summed E-state index contributed by atoms with van der Waals surface area (Å²) in [7, 11) is 0. The Morgan fingerprint density at radius 2 is 0.885 bits per heavy atom. The van der Waals surface area contributed by atoms with E-state index in [9.17, 15) is 0 Å². The second kappa shape index (κ2) is 10.5. The van der Waals surface area contributed by atoms with E-state index in [4.69, 9.17) is 0 Å². The minimum atomic E-state index is 1.22. The first kappa shape index (κ1) is 28.2. The molecule has 0 unspecified atom stereocenters. The van der Waals surface area contributed by atoms with Gasteiger partial charge in [0, 0.05) is 41.7 Å². The van der Waals surface area contributed by atoms with E-state index in [0.717, 1.165) is 0 Å². The maximum atomic E-state index is 2.53. The second-order valence-corrected chi connectivity index (χ2v) is 15.1. The lowest BCUT2D eigenvalue weighted by Crippen LogP contribution is -1.87. The Morgan fingerprint density at radius 3 is 1.71 bits per heavy atom. The zero-order valence-corrected chi connectivity index (χ0v) is 28.9. The number of fused-ring (bicyclic) bond motifs is 10. The molecule has 0 radical (unpaired) electrons. The molecule has 0 saturated heterocycles. The molecule has 2 heteroatoms. The molecule has 3 aromatic heterocycles. The van der Waals surface area contributed by atoms with Gasteiger partial charge in [0.2, 0.25) is 0 Å². The molecule has 0 atom stereocenters. The van der Waals surface area contributed by atoms with Crippen LogP contribution < -0.4 is 0 Å². The predicted octanol–water partition coefficient (Wildman–Crippen LogP) is 14.6. The van der Waals surface area contributed by atoms with Crippen LogP contribution in [-0.4, -0.2) is 4.40 Å². The average molecular weight is 676 g/mol. The molecule has 12 rings (SSSR count). The van der Waals surface area contributed by atoms with Crippen molar-refractivity contribution in [1.29, 1.82) is 0 Å². The standard InChI is InChI=1S/C50H29NS/c1-2-14-34-33(11-1)29-42(36-16-4-3-15-35(34)36)32-13-7-12-30(27-32)31-25-26-45-43(28-31)41-21-8-20-40-39-19-10-24-47-49(39)48-38(18-9-23-46(48)52-47)37-17-5-6-22-44(37)51(45)50(40)41/h1-29H. The molecular weight excluding hydrogens is 647 g/mol. The molecule has 0 spiro atoms. The van der Waals surface area contributed by atoms with Crippen molar-refractivity contribution in [2.24, 2.45) is 0 Å². The normalized spacial score (nSPS) is 12.2. The van der Waals surface area contributed by atoms with Crippen molar-refractivity contribution in [1.82, 2.24) is 4.40 Å². The number of hydrogen-bond donors (Lipinski definition) is 0. The molecule has 0 amide bonds. The summed E-state index contributed by atoms with van der Waals surface area (Å²) in [4.78, 5) is 0. The molecule has 3 heterocycles. The minimum absolute atomic E-state index is 1.22. The van der Waals surface area contributed by atoms with Crippen molar-refractivity contribution in [2.75, 3.05) is 0 Å². The van der Waals surface area contributed by atoms with Gasteiger partial charge in [0.1, 0.15) is 0 Å². The molecule has 1 nitrogen and oxygen atoms in total. The highest BCUT2D eigenvalue weighted by Gasteiger charge is 2.18. The Kier molecular flexibility index (Phi) is 5.71. The van der Waals surface area contributed by atoms with Gasteiger partial charge in [-0.1, -0.05) is 133 Å². The summed E-state index contributed by atoms with van der Waals surface area (Å²) in [5, 5.41) is 15.5. The van der Waals surface area contributed by atoms with Gasteiger partial charge in [-0.2, -0.15) is 0 Å². The number of nitrogens with zero attached hydrogens (tertiary/aromatic N) is 1. The zero-order valence-electron chi connectivity index (χ0n) is 28.1. The van der Waals surface area contributed by atoms with Crippen LogP contribution in [0.1, 0.15) is 0 Å². The van der Waals surface area contributed by atoms with E-state index >= 15 is 0 Å². The third-order valence-electron chi connectivity index (χ3n) is 11.3. The van der Waals surface area contributed by atoms with E-state index in [2.05, 4.69) is 180 Å². The molecular formula is C50H29NS. The zero-order chi connectivity index (χ0) is 33.9. The van der Waals surface area contributed by atoms with Gasteiger partial charge in [0.15, 0.2) is 0 Å². The lowest BCUT2D eigenvalue weighted by Gasteiger charge is -2.12. The molecule has 0 N–H and O–H groups in total. The summed E-state index contributed by atoms with van der Waals surface area (Å²) in [5.41, 5.74) is 8.63. The first-order valence-corrected chi connectivity index (χ1v) is 18.7. The van der Waals surface area contributed by atoms with Crippen LogP contribution in [0.5, 0.6) is 0 Å². The Morgan fingerprint density at radius 1 is 0.327 bits per heavy atom. The third kappa shape index (κ3) is 3.82. The van der Waals surface area contributed by atoms with Crippen molar-refractivity contribution in [3.05, 3.63) is 176 Å². The summed E-state index contributed by atoms with van der Waals surface area (Å²) < 4.78 is 5.20. The van der Waals surface area contributed by atoms with E-state index in [1.807, 2.05) is 11.3 Å². The minimum Gasteiger partial charge on any atom is -0.308 e. The molecule has 52 heavy (non-hydrogen) atoms. The van der Waals surface area contributed by atoms with Crippen LogP contribution in [0.4, 0.5) is 0 Å². The van der Waals surface area contributed by atoms with E-state index in [-0.39, 0.29) is 0 Å². The monoisotopic (exact) mass is 675 g/mol. The van der Waals surface area contributed by atoms with E-state index in [0.29, 0.717) is 0 Å². The highest BCUT2D eigenvalue weighted by molar-refractivity contribution is 7.26. The van der Waals surface area contributed by atoms with E-state index in [1.54, 1.807) is 0 Å². The van der Waals surface area contributed by atoms with Crippen molar-refractivity contribution < 1.29 is 0 Å². The lowest BCUT2D eigenvalue weighted by atomic mass is 9.91. The lowest BCUT2D eigenvalue weighted by molar-refractivity contribution is 1.35. The van der Waals surface area contributed by atoms with Crippen LogP contribution in [0.3, 0.4) is 0 Å². The van der Waals surface area contributed by atoms with Crippen molar-refractivity contribution in [3.63, 3.8) is 0 Å². The third-order valence-corrected chi connectivity index (χ3v) is 12.4.